The number of methoxy groups -OCH3 is 1. The lowest BCUT2D eigenvalue weighted by Gasteiger charge is -2.10. The number of aromatic nitrogens is 2. The predicted octanol–water partition coefficient (Wildman–Crippen LogP) is 1.91. The minimum Gasteiger partial charge on any atom is -0.493 e. The van der Waals surface area contributed by atoms with Crippen LogP contribution in [-0.2, 0) is 13.6 Å². The Labute approximate surface area is 119 Å². The van der Waals surface area contributed by atoms with Crippen LogP contribution in [0.4, 0.5) is 0 Å². The molecule has 108 valence electrons. The number of nitrogens with zero attached hydrogens (tertiary/aromatic N) is 2. The number of para-hydroxylation sites is 2. The van der Waals surface area contributed by atoms with Gasteiger partial charge in [-0.15, -0.1) is 0 Å². The summed E-state index contributed by atoms with van der Waals surface area (Å²) < 4.78 is 12.8. The van der Waals surface area contributed by atoms with Gasteiger partial charge in [-0.3, -0.25) is 4.68 Å². The maximum absolute atomic E-state index is 5.69. The van der Waals surface area contributed by atoms with Gasteiger partial charge in [0.15, 0.2) is 11.5 Å². The highest BCUT2D eigenvalue weighted by molar-refractivity contribution is 5.39. The second-order valence-electron chi connectivity index (χ2n) is 4.59. The van der Waals surface area contributed by atoms with Crippen molar-refractivity contribution in [3.8, 4) is 11.5 Å². The van der Waals surface area contributed by atoms with Gasteiger partial charge in [0.1, 0.15) is 6.61 Å². The normalized spacial score (nSPS) is 10.6. The van der Waals surface area contributed by atoms with Gasteiger partial charge in [0, 0.05) is 31.9 Å². The van der Waals surface area contributed by atoms with Crippen molar-refractivity contribution in [2.24, 2.45) is 7.05 Å². The number of benzene rings is 1. The summed E-state index contributed by atoms with van der Waals surface area (Å²) in [5.41, 5.74) is 2.27. The zero-order valence-corrected chi connectivity index (χ0v) is 12.2. The predicted molar refractivity (Wildman–Crippen MR) is 78.1 cm³/mol. The van der Waals surface area contributed by atoms with Gasteiger partial charge in [-0.2, -0.15) is 5.10 Å². The molecule has 0 spiro atoms. The molecule has 5 heteroatoms. The van der Waals surface area contributed by atoms with Gasteiger partial charge in [0.05, 0.1) is 12.8 Å². The van der Waals surface area contributed by atoms with E-state index < -0.39 is 0 Å². The first kappa shape index (κ1) is 14.4. The van der Waals surface area contributed by atoms with Gasteiger partial charge in [-0.25, -0.2) is 0 Å². The van der Waals surface area contributed by atoms with Crippen molar-refractivity contribution in [1.82, 2.24) is 15.1 Å². The van der Waals surface area contributed by atoms with E-state index in [0.29, 0.717) is 6.61 Å². The highest BCUT2D eigenvalue weighted by atomic mass is 16.5. The number of nitrogens with one attached hydrogen (secondary N) is 1. The maximum Gasteiger partial charge on any atom is 0.161 e. The Bertz CT molecular complexity index is 552. The topological polar surface area (TPSA) is 48.3 Å². The van der Waals surface area contributed by atoms with Crippen LogP contribution < -0.4 is 14.8 Å². The average molecular weight is 275 g/mol. The van der Waals surface area contributed by atoms with E-state index in [1.165, 1.54) is 5.56 Å². The number of rotatable bonds is 7. The lowest BCUT2D eigenvalue weighted by molar-refractivity contribution is 0.292. The maximum atomic E-state index is 5.69. The molecule has 2 rings (SSSR count). The summed E-state index contributed by atoms with van der Waals surface area (Å²) in [5.74, 6) is 1.53. The molecule has 20 heavy (non-hydrogen) atoms. The molecule has 0 amide bonds. The molecular formula is C15H21N3O2. The standard InChI is InChI=1S/C15H21N3O2/c1-12-13(11-18(2)17-12)10-16-8-9-20-15-7-5-4-6-14(15)19-3/h4-7,11,16H,8-10H2,1-3H3. The lowest BCUT2D eigenvalue weighted by atomic mass is 10.2. The third-order valence-electron chi connectivity index (χ3n) is 3.04. The Hall–Kier alpha value is -2.01. The molecule has 0 radical (unpaired) electrons. The summed E-state index contributed by atoms with van der Waals surface area (Å²) in [4.78, 5) is 0. The molecule has 0 saturated heterocycles. The number of hydrogen-bond acceptors (Lipinski definition) is 4. The quantitative estimate of drug-likeness (QED) is 0.784. The third-order valence-corrected chi connectivity index (χ3v) is 3.04. The Morgan fingerprint density at radius 1 is 1.25 bits per heavy atom. The van der Waals surface area contributed by atoms with Crippen LogP contribution in [-0.4, -0.2) is 30.0 Å². The fourth-order valence-electron chi connectivity index (χ4n) is 2.02. The Balaban J connectivity index is 1.73. The average Bonchev–Trinajstić information content (AvgIpc) is 2.77. The van der Waals surface area contributed by atoms with Crippen molar-refractivity contribution in [2.75, 3.05) is 20.3 Å². The molecule has 1 N–H and O–H groups in total. The molecule has 1 aromatic heterocycles. The van der Waals surface area contributed by atoms with Gasteiger partial charge >= 0.3 is 0 Å². The zero-order chi connectivity index (χ0) is 14.4. The van der Waals surface area contributed by atoms with E-state index in [4.69, 9.17) is 9.47 Å². The first-order valence-corrected chi connectivity index (χ1v) is 6.66. The Morgan fingerprint density at radius 3 is 2.65 bits per heavy atom. The molecule has 1 aromatic carbocycles. The van der Waals surface area contributed by atoms with E-state index in [0.717, 1.165) is 30.3 Å². The summed E-state index contributed by atoms with van der Waals surface area (Å²) in [6, 6.07) is 7.66. The van der Waals surface area contributed by atoms with E-state index in [1.807, 2.05) is 49.1 Å². The van der Waals surface area contributed by atoms with Crippen LogP contribution in [0.15, 0.2) is 30.5 Å². The smallest absolute Gasteiger partial charge is 0.161 e. The second-order valence-corrected chi connectivity index (χ2v) is 4.59. The van der Waals surface area contributed by atoms with Crippen LogP contribution in [0, 0.1) is 6.92 Å². The van der Waals surface area contributed by atoms with Gasteiger partial charge in [0.25, 0.3) is 0 Å². The fourth-order valence-corrected chi connectivity index (χ4v) is 2.02. The molecule has 0 saturated carbocycles. The fraction of sp³-hybridized carbons (Fsp3) is 0.400. The zero-order valence-electron chi connectivity index (χ0n) is 12.2. The summed E-state index contributed by atoms with van der Waals surface area (Å²) in [7, 11) is 3.58. The third kappa shape index (κ3) is 3.74. The van der Waals surface area contributed by atoms with E-state index >= 15 is 0 Å². The van der Waals surface area contributed by atoms with Crippen molar-refractivity contribution in [3.05, 3.63) is 41.7 Å². The van der Waals surface area contributed by atoms with Crippen molar-refractivity contribution in [3.63, 3.8) is 0 Å². The first-order valence-electron chi connectivity index (χ1n) is 6.66. The van der Waals surface area contributed by atoms with Gasteiger partial charge in [-0.1, -0.05) is 12.1 Å². The highest BCUT2D eigenvalue weighted by Gasteiger charge is 2.03. The number of hydrogen-bond donors (Lipinski definition) is 1. The Kier molecular flexibility index (Phi) is 5.01. The van der Waals surface area contributed by atoms with E-state index in [1.54, 1.807) is 7.11 Å². The van der Waals surface area contributed by atoms with Crippen molar-refractivity contribution >= 4 is 0 Å². The van der Waals surface area contributed by atoms with Crippen LogP contribution in [0.25, 0.3) is 0 Å². The van der Waals surface area contributed by atoms with Crippen molar-refractivity contribution < 1.29 is 9.47 Å². The Morgan fingerprint density at radius 2 is 2.00 bits per heavy atom. The molecule has 0 aliphatic carbocycles. The van der Waals surface area contributed by atoms with Crippen molar-refractivity contribution in [2.45, 2.75) is 13.5 Å². The summed E-state index contributed by atoms with van der Waals surface area (Å²) >= 11 is 0. The molecular weight excluding hydrogens is 254 g/mol. The monoisotopic (exact) mass is 275 g/mol. The SMILES string of the molecule is COc1ccccc1OCCNCc1cn(C)nc1C. The van der Waals surface area contributed by atoms with Crippen LogP contribution in [0.5, 0.6) is 11.5 Å². The number of ether oxygens (including phenoxy) is 2. The van der Waals surface area contributed by atoms with E-state index in [-0.39, 0.29) is 0 Å². The molecule has 0 aliphatic rings. The first-order chi connectivity index (χ1) is 9.70. The van der Waals surface area contributed by atoms with Crippen molar-refractivity contribution in [1.29, 1.82) is 0 Å². The van der Waals surface area contributed by atoms with Gasteiger partial charge in [-0.05, 0) is 19.1 Å². The highest BCUT2D eigenvalue weighted by Crippen LogP contribution is 2.25. The molecule has 2 aromatic rings. The largest absolute Gasteiger partial charge is 0.493 e. The van der Waals surface area contributed by atoms with Crippen LogP contribution in [0.2, 0.25) is 0 Å². The minimum absolute atomic E-state index is 0.597. The van der Waals surface area contributed by atoms with Crippen LogP contribution in [0.3, 0.4) is 0 Å². The minimum atomic E-state index is 0.597. The van der Waals surface area contributed by atoms with Gasteiger partial charge < -0.3 is 14.8 Å². The number of aryl methyl sites for hydroxylation is 2. The summed E-state index contributed by atoms with van der Waals surface area (Å²) in [6.45, 7) is 4.18. The van der Waals surface area contributed by atoms with Crippen LogP contribution in [0.1, 0.15) is 11.3 Å². The lowest BCUT2D eigenvalue weighted by Crippen LogP contribution is -2.20. The molecule has 0 bridgehead atoms. The summed E-state index contributed by atoms with van der Waals surface area (Å²) in [6.07, 6.45) is 2.03. The molecule has 0 atom stereocenters. The molecule has 5 nitrogen and oxygen atoms in total. The van der Waals surface area contributed by atoms with E-state index in [9.17, 15) is 0 Å². The van der Waals surface area contributed by atoms with Gasteiger partial charge in [0.2, 0.25) is 0 Å². The van der Waals surface area contributed by atoms with Crippen LogP contribution >= 0.6 is 0 Å². The molecule has 1 heterocycles. The summed E-state index contributed by atoms with van der Waals surface area (Å²) in [5, 5.41) is 7.65. The molecule has 0 unspecified atom stereocenters. The second kappa shape index (κ2) is 6.96. The van der Waals surface area contributed by atoms with E-state index in [2.05, 4.69) is 10.4 Å². The molecule has 0 fully saturated rings. The molecule has 0 aliphatic heterocycles.